The molecule has 0 radical (unpaired) electrons. The van der Waals surface area contributed by atoms with Crippen molar-refractivity contribution in [1.29, 1.82) is 0 Å². The summed E-state index contributed by atoms with van der Waals surface area (Å²) in [5, 5.41) is 14.8. The van der Waals surface area contributed by atoms with Crippen LogP contribution in [0.15, 0.2) is 11.0 Å². The number of aryl methyl sites for hydroxylation is 1. The highest BCUT2D eigenvalue weighted by atomic mass is 32.2. The maximum absolute atomic E-state index is 12.1. The monoisotopic (exact) mass is 318 g/mol. The Balaban J connectivity index is 2.32. The first-order valence-corrected chi connectivity index (χ1v) is 7.46. The Morgan fingerprint density at radius 1 is 1.55 bits per heavy atom. The van der Waals surface area contributed by atoms with Crippen LogP contribution in [0.1, 0.15) is 14.5 Å². The lowest BCUT2D eigenvalue weighted by molar-refractivity contribution is 0.0702. The van der Waals surface area contributed by atoms with Crippen molar-refractivity contribution in [3.63, 3.8) is 0 Å². The number of aromatic nitrogens is 3. The van der Waals surface area contributed by atoms with Gasteiger partial charge in [-0.05, 0) is 13.0 Å². The molecular weight excluding hydrogens is 308 g/mol. The Bertz CT molecular complexity index is 748. The van der Waals surface area contributed by atoms with Gasteiger partial charge >= 0.3 is 12.0 Å². The topological polar surface area (TPSA) is 134 Å². The Morgan fingerprint density at radius 2 is 2.25 bits per heavy atom. The number of rotatable bonds is 5. The van der Waals surface area contributed by atoms with Gasteiger partial charge in [0.15, 0.2) is 0 Å². The Hall–Kier alpha value is -2.14. The minimum absolute atomic E-state index is 0.0176. The quantitative estimate of drug-likeness (QED) is 0.738. The van der Waals surface area contributed by atoms with E-state index in [2.05, 4.69) is 19.9 Å². The fraction of sp³-hybridized carbons (Fsp3) is 0.222. The van der Waals surface area contributed by atoms with Crippen LogP contribution in [0.2, 0.25) is 0 Å². The second-order valence-corrected chi connectivity index (χ2v) is 6.52. The van der Waals surface area contributed by atoms with E-state index in [4.69, 9.17) is 9.84 Å². The van der Waals surface area contributed by atoms with Crippen molar-refractivity contribution in [3.05, 3.63) is 15.8 Å². The van der Waals surface area contributed by atoms with Gasteiger partial charge in [0, 0.05) is 4.88 Å². The first-order chi connectivity index (χ1) is 9.33. The zero-order chi connectivity index (χ0) is 14.9. The van der Waals surface area contributed by atoms with E-state index in [1.807, 2.05) is 0 Å². The van der Waals surface area contributed by atoms with Crippen LogP contribution < -0.4 is 9.46 Å². The largest absolute Gasteiger partial charge is 0.477 e. The Morgan fingerprint density at radius 3 is 2.75 bits per heavy atom. The molecule has 0 unspecified atom stereocenters. The number of thiophene rings is 1. The number of nitrogens with zero attached hydrogens (tertiary/aromatic N) is 2. The molecule has 0 aliphatic heterocycles. The second-order valence-electron chi connectivity index (χ2n) is 3.61. The fourth-order valence-electron chi connectivity index (χ4n) is 1.40. The van der Waals surface area contributed by atoms with E-state index < -0.39 is 16.0 Å². The van der Waals surface area contributed by atoms with Crippen LogP contribution in [-0.4, -0.2) is 41.8 Å². The molecule has 0 atom stereocenters. The van der Waals surface area contributed by atoms with E-state index in [0.29, 0.717) is 4.88 Å². The summed E-state index contributed by atoms with van der Waals surface area (Å²) in [6.07, 6.45) is 0. The molecule has 108 valence electrons. The molecule has 9 nitrogen and oxygen atoms in total. The number of aromatic amines is 1. The van der Waals surface area contributed by atoms with Crippen LogP contribution in [0.5, 0.6) is 6.01 Å². The molecular formula is C9H10N4O5S2. The summed E-state index contributed by atoms with van der Waals surface area (Å²) in [6, 6.07) is 1.08. The predicted molar refractivity (Wildman–Crippen MR) is 69.8 cm³/mol. The van der Waals surface area contributed by atoms with Gasteiger partial charge in [0.05, 0.1) is 7.11 Å². The molecule has 0 aromatic carbocycles. The minimum Gasteiger partial charge on any atom is -0.477 e. The number of carbonyl (C=O) groups is 1. The van der Waals surface area contributed by atoms with Crippen molar-refractivity contribution in [2.24, 2.45) is 0 Å². The lowest BCUT2D eigenvalue weighted by Gasteiger charge is -2.03. The molecule has 0 bridgehead atoms. The number of carboxylic acids is 1. The highest BCUT2D eigenvalue weighted by Crippen LogP contribution is 2.27. The van der Waals surface area contributed by atoms with Crippen molar-refractivity contribution in [3.8, 4) is 6.01 Å². The molecule has 2 aromatic rings. The molecule has 0 aliphatic carbocycles. The van der Waals surface area contributed by atoms with E-state index in [0.717, 1.165) is 17.4 Å². The standard InChI is InChI=1S/C9H10N4O5S2/c1-4-6(3-5(19-4)7(14)15)20(16,17)13-8-10-9(18-2)12-11-8/h3H,1-2H3,(H,14,15)(H2,10,11,12,13). The molecule has 2 rings (SSSR count). The lowest BCUT2D eigenvalue weighted by Crippen LogP contribution is -2.14. The summed E-state index contributed by atoms with van der Waals surface area (Å²) >= 11 is 0.880. The summed E-state index contributed by atoms with van der Waals surface area (Å²) in [4.78, 5) is 14.8. The van der Waals surface area contributed by atoms with Gasteiger partial charge in [-0.2, -0.15) is 4.98 Å². The lowest BCUT2D eigenvalue weighted by atomic mass is 10.4. The molecule has 11 heteroatoms. The number of ether oxygens (including phenoxy) is 1. The normalized spacial score (nSPS) is 11.3. The zero-order valence-electron chi connectivity index (χ0n) is 10.4. The number of methoxy groups -OCH3 is 1. The molecule has 0 aliphatic rings. The third kappa shape index (κ3) is 2.72. The van der Waals surface area contributed by atoms with Gasteiger partial charge in [-0.3, -0.25) is 0 Å². The number of hydrogen-bond donors (Lipinski definition) is 3. The molecule has 3 N–H and O–H groups in total. The smallest absolute Gasteiger partial charge is 0.345 e. The van der Waals surface area contributed by atoms with E-state index >= 15 is 0 Å². The van der Waals surface area contributed by atoms with Crippen molar-refractivity contribution in [1.82, 2.24) is 15.2 Å². The van der Waals surface area contributed by atoms with Gasteiger partial charge < -0.3 is 9.84 Å². The number of hydrogen-bond acceptors (Lipinski definition) is 7. The first kappa shape index (κ1) is 14.3. The number of nitrogens with one attached hydrogen (secondary N) is 2. The zero-order valence-corrected chi connectivity index (χ0v) is 12.0. The summed E-state index contributed by atoms with van der Waals surface area (Å²) in [6.45, 7) is 1.52. The predicted octanol–water partition coefficient (Wildman–Crippen LogP) is 0.682. The maximum atomic E-state index is 12.1. The number of aromatic carboxylic acids is 1. The number of sulfonamides is 1. The van der Waals surface area contributed by atoms with E-state index in [9.17, 15) is 13.2 Å². The number of anilines is 1. The van der Waals surface area contributed by atoms with Crippen LogP contribution in [0.25, 0.3) is 0 Å². The third-order valence-corrected chi connectivity index (χ3v) is 4.88. The first-order valence-electron chi connectivity index (χ1n) is 5.16. The molecule has 0 saturated heterocycles. The summed E-state index contributed by atoms with van der Waals surface area (Å²) in [5.41, 5.74) is 0. The Kier molecular flexibility index (Phi) is 3.63. The average Bonchev–Trinajstić information content (AvgIpc) is 2.95. The molecule has 20 heavy (non-hydrogen) atoms. The van der Waals surface area contributed by atoms with Crippen LogP contribution in [0.3, 0.4) is 0 Å². The summed E-state index contributed by atoms with van der Waals surface area (Å²) in [5.74, 6) is -1.30. The van der Waals surface area contributed by atoms with Gasteiger partial charge in [0.25, 0.3) is 10.0 Å². The minimum atomic E-state index is -3.94. The SMILES string of the molecule is COc1n[nH]c(NS(=O)(=O)c2cc(C(=O)O)sc2C)n1. The van der Waals surface area contributed by atoms with E-state index in [1.165, 1.54) is 14.0 Å². The molecule has 0 amide bonds. The molecule has 0 spiro atoms. The maximum Gasteiger partial charge on any atom is 0.345 e. The van der Waals surface area contributed by atoms with Crippen LogP contribution in [0, 0.1) is 6.92 Å². The summed E-state index contributed by atoms with van der Waals surface area (Å²) in [7, 11) is -2.61. The average molecular weight is 318 g/mol. The van der Waals surface area contributed by atoms with Crippen molar-refractivity contribution in [2.45, 2.75) is 11.8 Å². The van der Waals surface area contributed by atoms with Crippen LogP contribution >= 0.6 is 11.3 Å². The summed E-state index contributed by atoms with van der Waals surface area (Å²) < 4.78 is 31.1. The van der Waals surface area contributed by atoms with E-state index in [1.54, 1.807) is 0 Å². The highest BCUT2D eigenvalue weighted by molar-refractivity contribution is 7.92. The van der Waals surface area contributed by atoms with Crippen molar-refractivity contribution < 1.29 is 23.1 Å². The van der Waals surface area contributed by atoms with Crippen LogP contribution in [-0.2, 0) is 10.0 Å². The van der Waals surface area contributed by atoms with Gasteiger partial charge in [-0.15, -0.1) is 16.4 Å². The number of carboxylic acid groups (broad SMARTS) is 1. The van der Waals surface area contributed by atoms with Gasteiger partial charge in [-0.1, -0.05) is 0 Å². The third-order valence-electron chi connectivity index (χ3n) is 2.25. The molecule has 2 heterocycles. The van der Waals surface area contributed by atoms with Gasteiger partial charge in [0.1, 0.15) is 9.77 Å². The number of H-pyrrole nitrogens is 1. The van der Waals surface area contributed by atoms with Crippen molar-refractivity contribution in [2.75, 3.05) is 11.8 Å². The molecule has 0 fully saturated rings. The molecule has 2 aromatic heterocycles. The second kappa shape index (κ2) is 5.09. The Labute approximate surface area is 117 Å². The van der Waals surface area contributed by atoms with Gasteiger partial charge in [0.2, 0.25) is 5.95 Å². The van der Waals surface area contributed by atoms with Crippen LogP contribution in [0.4, 0.5) is 5.95 Å². The van der Waals surface area contributed by atoms with Gasteiger partial charge in [-0.25, -0.2) is 23.0 Å². The highest BCUT2D eigenvalue weighted by Gasteiger charge is 2.23. The van der Waals surface area contributed by atoms with E-state index in [-0.39, 0.29) is 21.7 Å². The fourth-order valence-corrected chi connectivity index (χ4v) is 3.79. The molecule has 0 saturated carbocycles. The van der Waals surface area contributed by atoms with Crippen molar-refractivity contribution >= 4 is 33.3 Å².